The number of imidazole rings is 1. The van der Waals surface area contributed by atoms with Gasteiger partial charge in [0.05, 0.1) is 34.7 Å². The minimum absolute atomic E-state index is 0.0610. The number of anilines is 2. The van der Waals surface area contributed by atoms with E-state index in [0.29, 0.717) is 52.7 Å². The highest BCUT2D eigenvalue weighted by Gasteiger charge is 2.57. The molecule has 2 atom stereocenters. The number of primary amides is 1. The van der Waals surface area contributed by atoms with Crippen molar-refractivity contribution in [2.24, 2.45) is 5.73 Å². The third-order valence-corrected chi connectivity index (χ3v) is 10.4. The fraction of sp³-hybridized carbons (Fsp3) is 0.297. The summed E-state index contributed by atoms with van der Waals surface area (Å²) in [7, 11) is 0. The molecule has 4 aromatic rings. The van der Waals surface area contributed by atoms with E-state index in [1.54, 1.807) is 54.0 Å². The van der Waals surface area contributed by atoms with Gasteiger partial charge in [-0.05, 0) is 87.6 Å². The molecule has 0 radical (unpaired) electrons. The summed E-state index contributed by atoms with van der Waals surface area (Å²) in [4.78, 5) is 77.0. The number of nitriles is 1. The summed E-state index contributed by atoms with van der Waals surface area (Å²) >= 11 is 12.6. The summed E-state index contributed by atoms with van der Waals surface area (Å²) in [6, 6.07) is 15.8. The summed E-state index contributed by atoms with van der Waals surface area (Å²) in [5.74, 6) is -2.42. The van der Waals surface area contributed by atoms with Gasteiger partial charge in [-0.2, -0.15) is 5.26 Å². The minimum Gasteiger partial charge on any atom is -0.368 e. The van der Waals surface area contributed by atoms with E-state index < -0.39 is 46.3 Å². The summed E-state index contributed by atoms with van der Waals surface area (Å²) < 4.78 is 1.56. The van der Waals surface area contributed by atoms with Crippen LogP contribution in [0.3, 0.4) is 0 Å². The normalized spacial score (nSPS) is 19.4. The Labute approximate surface area is 313 Å². The highest BCUT2D eigenvalue weighted by Crippen LogP contribution is 2.48. The number of nitrogens with one attached hydrogen (secondary N) is 3. The number of amides is 5. The van der Waals surface area contributed by atoms with Crippen LogP contribution in [-0.2, 0) is 31.9 Å². The smallest absolute Gasteiger partial charge is 0.270 e. The number of hydrogen-bond donors (Lipinski definition) is 4. The van der Waals surface area contributed by atoms with Gasteiger partial charge in [0.15, 0.2) is 0 Å². The molecule has 53 heavy (non-hydrogen) atoms. The van der Waals surface area contributed by atoms with Crippen molar-refractivity contribution >= 4 is 64.4 Å². The standard InChI is InChI=1S/C37H33Cl2N9O5/c1-20(29(41)49)44-30(50)23-7-12-42-28(13-23)36(8-9-36)46-32(52)37(10-11-37)45-31(51)27-19-43-34-47(26-15-24(38)14-25(39)16-26)33(53)35(2,48(27)34)17-21-3-5-22(18-40)6-4-21/h3-7,12-16,19-20H,8-11,17H2,1-2H3,(H2,41,49)(H,44,50)(H,45,51)(H,46,52)/t20-,35+/m0/s1. The lowest BCUT2D eigenvalue weighted by atomic mass is 9.91. The number of aromatic nitrogens is 3. The minimum atomic E-state index is -1.36. The number of carbonyl (C=O) groups excluding carboxylic acids is 5. The Hall–Kier alpha value is -5.78. The van der Waals surface area contributed by atoms with E-state index in [0.717, 1.165) is 5.56 Å². The van der Waals surface area contributed by atoms with Crippen molar-refractivity contribution in [3.05, 3.63) is 105 Å². The van der Waals surface area contributed by atoms with Crippen LogP contribution in [0.4, 0.5) is 11.6 Å². The molecule has 0 bridgehead atoms. The van der Waals surface area contributed by atoms with Crippen LogP contribution >= 0.6 is 23.2 Å². The van der Waals surface area contributed by atoms with Crippen LogP contribution in [0.1, 0.15) is 77.2 Å². The summed E-state index contributed by atoms with van der Waals surface area (Å²) in [5, 5.41) is 18.4. The molecule has 2 aromatic heterocycles. The Bertz CT molecular complexity index is 2240. The van der Waals surface area contributed by atoms with Gasteiger partial charge in [-0.25, -0.2) is 9.88 Å². The van der Waals surface area contributed by atoms with Crippen LogP contribution in [-0.4, -0.2) is 55.7 Å². The van der Waals surface area contributed by atoms with E-state index >= 15 is 0 Å². The second-order valence-corrected chi connectivity index (χ2v) is 14.8. The summed E-state index contributed by atoms with van der Waals surface area (Å²) in [6.45, 7) is 3.18. The van der Waals surface area contributed by atoms with Gasteiger partial charge in [-0.3, -0.25) is 33.5 Å². The maximum atomic E-state index is 14.4. The van der Waals surface area contributed by atoms with Gasteiger partial charge in [0, 0.05) is 28.2 Å². The fourth-order valence-corrected chi connectivity index (χ4v) is 7.15. The second kappa shape index (κ2) is 13.0. The van der Waals surface area contributed by atoms with Gasteiger partial charge in [-0.1, -0.05) is 35.3 Å². The first-order valence-corrected chi connectivity index (χ1v) is 17.5. The zero-order valence-corrected chi connectivity index (χ0v) is 30.1. The van der Waals surface area contributed by atoms with Crippen molar-refractivity contribution < 1.29 is 24.0 Å². The third kappa shape index (κ3) is 6.47. The Kier molecular flexibility index (Phi) is 8.75. The lowest BCUT2D eigenvalue weighted by Crippen LogP contribution is -2.52. The molecule has 3 heterocycles. The van der Waals surface area contributed by atoms with Gasteiger partial charge in [0.25, 0.3) is 17.7 Å². The average Bonchev–Trinajstić information content (AvgIpc) is 4.03. The number of nitrogens with zero attached hydrogens (tertiary/aromatic N) is 5. The molecular formula is C37H33Cl2N9O5. The van der Waals surface area contributed by atoms with Gasteiger partial charge < -0.3 is 21.7 Å². The number of rotatable bonds is 11. The highest BCUT2D eigenvalue weighted by atomic mass is 35.5. The van der Waals surface area contributed by atoms with Crippen molar-refractivity contribution in [1.82, 2.24) is 30.5 Å². The lowest BCUT2D eigenvalue weighted by molar-refractivity contribution is -0.125. The molecule has 14 nitrogen and oxygen atoms in total. The van der Waals surface area contributed by atoms with E-state index in [-0.39, 0.29) is 29.5 Å². The molecule has 5 amide bonds. The number of hydrogen-bond acceptors (Lipinski definition) is 8. The fourth-order valence-electron chi connectivity index (χ4n) is 6.63. The zero-order valence-electron chi connectivity index (χ0n) is 28.6. The first kappa shape index (κ1) is 35.6. The van der Waals surface area contributed by atoms with Crippen LogP contribution in [0.25, 0.3) is 0 Å². The first-order chi connectivity index (χ1) is 25.2. The SMILES string of the molecule is C[C@H](NC(=O)c1ccnc(C2(NC(=O)C3(NC(=O)c4cnc5n4[C@](C)(Cc4ccc(C#N)cc4)C(=O)N5c4cc(Cl)cc(Cl)c4)CC3)CC2)c1)C(N)=O. The number of nitrogens with two attached hydrogens (primary N) is 1. The monoisotopic (exact) mass is 753 g/mol. The van der Waals surface area contributed by atoms with Crippen molar-refractivity contribution in [1.29, 1.82) is 5.26 Å². The van der Waals surface area contributed by atoms with Crippen LogP contribution in [0.2, 0.25) is 10.0 Å². The maximum absolute atomic E-state index is 14.4. The average molecular weight is 755 g/mol. The molecule has 0 unspecified atom stereocenters. The number of benzene rings is 2. The van der Waals surface area contributed by atoms with E-state index in [1.165, 1.54) is 36.4 Å². The quantitative estimate of drug-likeness (QED) is 0.177. The second-order valence-electron chi connectivity index (χ2n) is 13.9. The van der Waals surface area contributed by atoms with E-state index in [2.05, 4.69) is 32.0 Å². The Morgan fingerprint density at radius 2 is 1.64 bits per heavy atom. The van der Waals surface area contributed by atoms with Crippen LogP contribution < -0.4 is 26.6 Å². The molecule has 270 valence electrons. The predicted molar refractivity (Wildman–Crippen MR) is 193 cm³/mol. The lowest BCUT2D eigenvalue weighted by Gasteiger charge is -2.27. The van der Waals surface area contributed by atoms with E-state index in [4.69, 9.17) is 28.9 Å². The Morgan fingerprint density at radius 1 is 0.962 bits per heavy atom. The maximum Gasteiger partial charge on any atom is 0.270 e. The van der Waals surface area contributed by atoms with Crippen molar-refractivity contribution in [2.75, 3.05) is 4.90 Å². The van der Waals surface area contributed by atoms with Gasteiger partial charge in [0.1, 0.15) is 22.8 Å². The highest BCUT2D eigenvalue weighted by molar-refractivity contribution is 6.35. The molecule has 2 aromatic carbocycles. The Balaban J connectivity index is 1.15. The predicted octanol–water partition coefficient (Wildman–Crippen LogP) is 3.76. The molecule has 7 rings (SSSR count). The summed E-state index contributed by atoms with van der Waals surface area (Å²) in [6.07, 6.45) is 4.84. The number of halogens is 2. The van der Waals surface area contributed by atoms with Crippen LogP contribution in [0.15, 0.2) is 67.0 Å². The molecular weight excluding hydrogens is 721 g/mol. The molecule has 0 spiro atoms. The van der Waals surface area contributed by atoms with Gasteiger partial charge in [-0.15, -0.1) is 0 Å². The molecule has 2 fully saturated rings. The number of fused-ring (bicyclic) bond motifs is 1. The Morgan fingerprint density at radius 3 is 2.25 bits per heavy atom. The number of carbonyl (C=O) groups is 5. The van der Waals surface area contributed by atoms with Crippen molar-refractivity contribution in [3.63, 3.8) is 0 Å². The molecule has 5 N–H and O–H groups in total. The summed E-state index contributed by atoms with van der Waals surface area (Å²) in [5.41, 5.74) is 4.19. The van der Waals surface area contributed by atoms with Crippen LogP contribution in [0.5, 0.6) is 0 Å². The zero-order chi connectivity index (χ0) is 37.9. The van der Waals surface area contributed by atoms with Crippen molar-refractivity contribution in [3.8, 4) is 6.07 Å². The molecule has 16 heteroatoms. The first-order valence-electron chi connectivity index (χ1n) is 16.8. The topological polar surface area (TPSA) is 205 Å². The molecule has 0 saturated heterocycles. The third-order valence-electron chi connectivity index (χ3n) is 10.00. The van der Waals surface area contributed by atoms with Crippen molar-refractivity contribution in [2.45, 2.75) is 68.6 Å². The van der Waals surface area contributed by atoms with E-state index in [9.17, 15) is 29.2 Å². The molecule has 3 aliphatic rings. The molecule has 2 saturated carbocycles. The van der Waals surface area contributed by atoms with Gasteiger partial charge >= 0.3 is 0 Å². The largest absolute Gasteiger partial charge is 0.368 e. The van der Waals surface area contributed by atoms with Gasteiger partial charge in [0.2, 0.25) is 17.8 Å². The van der Waals surface area contributed by atoms with Crippen LogP contribution in [0, 0.1) is 11.3 Å². The van der Waals surface area contributed by atoms with E-state index in [1.807, 2.05) is 0 Å². The number of pyridine rings is 1. The molecule has 2 aliphatic carbocycles. The molecule has 1 aliphatic heterocycles.